The zero-order chi connectivity index (χ0) is 16.9. The van der Waals surface area contributed by atoms with Gasteiger partial charge in [0.15, 0.2) is 0 Å². The van der Waals surface area contributed by atoms with E-state index in [1.165, 1.54) is 4.90 Å². The Morgan fingerprint density at radius 2 is 1.65 bits per heavy atom. The van der Waals surface area contributed by atoms with Crippen LogP contribution in [0.3, 0.4) is 0 Å². The van der Waals surface area contributed by atoms with Gasteiger partial charge >= 0.3 is 0 Å². The lowest BCUT2D eigenvalue weighted by atomic mass is 9.57. The van der Waals surface area contributed by atoms with Gasteiger partial charge in [-0.3, -0.25) is 14.5 Å². The number of benzene rings is 1. The number of rotatable bonds is 2. The summed E-state index contributed by atoms with van der Waals surface area (Å²) in [5.41, 5.74) is 1.04. The number of imide groups is 1. The molecule has 0 radical (unpaired) electrons. The van der Waals surface area contributed by atoms with Crippen LogP contribution in [0.1, 0.15) is 54.8 Å². The Morgan fingerprint density at radius 1 is 1.13 bits per heavy atom. The molecule has 1 aliphatic heterocycles. The van der Waals surface area contributed by atoms with E-state index in [1.807, 2.05) is 0 Å². The van der Waals surface area contributed by atoms with Crippen molar-refractivity contribution in [1.82, 2.24) is 4.90 Å². The van der Waals surface area contributed by atoms with Gasteiger partial charge in [0.05, 0.1) is 11.1 Å². The van der Waals surface area contributed by atoms with Crippen LogP contribution in [0.25, 0.3) is 0 Å². The highest BCUT2D eigenvalue weighted by molar-refractivity contribution is 6.21. The summed E-state index contributed by atoms with van der Waals surface area (Å²) >= 11 is 0. The van der Waals surface area contributed by atoms with Gasteiger partial charge in [-0.1, -0.05) is 39.8 Å². The molecule has 2 amide bonds. The molecule has 4 heteroatoms. The minimum Gasteiger partial charge on any atom is -0.396 e. The Hall–Kier alpha value is -1.68. The Bertz CT molecular complexity index is 617. The van der Waals surface area contributed by atoms with Crippen molar-refractivity contribution in [3.63, 3.8) is 0 Å². The highest BCUT2D eigenvalue weighted by Gasteiger charge is 2.51. The molecule has 1 unspecified atom stereocenters. The van der Waals surface area contributed by atoms with Crippen LogP contribution in [-0.2, 0) is 0 Å². The van der Waals surface area contributed by atoms with Crippen LogP contribution in [0, 0.1) is 23.2 Å². The van der Waals surface area contributed by atoms with Crippen LogP contribution in [0.4, 0.5) is 0 Å². The predicted octanol–water partition coefficient (Wildman–Crippen LogP) is 2.96. The molecule has 1 aliphatic carbocycles. The minimum absolute atomic E-state index is 0.00457. The number of aliphatic hydroxyl groups is 1. The number of fused-ring (bicyclic) bond motifs is 1. The zero-order valence-corrected chi connectivity index (χ0v) is 14.2. The van der Waals surface area contributed by atoms with E-state index in [0.717, 1.165) is 6.42 Å². The summed E-state index contributed by atoms with van der Waals surface area (Å²) in [6, 6.07) is 6.76. The smallest absolute Gasteiger partial charge is 0.261 e. The average Bonchev–Trinajstić information content (AvgIpc) is 2.77. The Kier molecular flexibility index (Phi) is 3.83. The van der Waals surface area contributed by atoms with E-state index in [2.05, 4.69) is 27.7 Å². The van der Waals surface area contributed by atoms with E-state index in [0.29, 0.717) is 17.0 Å². The van der Waals surface area contributed by atoms with Crippen molar-refractivity contribution in [3.8, 4) is 0 Å². The van der Waals surface area contributed by atoms with Crippen molar-refractivity contribution in [1.29, 1.82) is 0 Å². The second-order valence-corrected chi connectivity index (χ2v) is 7.69. The summed E-state index contributed by atoms with van der Waals surface area (Å²) < 4.78 is 0. The fraction of sp³-hybridized carbons (Fsp3) is 0.579. The molecule has 1 aromatic carbocycles. The minimum atomic E-state index is -0.231. The van der Waals surface area contributed by atoms with Gasteiger partial charge in [-0.05, 0) is 35.8 Å². The van der Waals surface area contributed by atoms with E-state index in [9.17, 15) is 14.7 Å². The van der Waals surface area contributed by atoms with E-state index in [1.54, 1.807) is 24.3 Å². The third-order valence-corrected chi connectivity index (χ3v) is 6.54. The summed E-state index contributed by atoms with van der Waals surface area (Å²) in [6.45, 7) is 8.72. The number of aliphatic hydroxyl groups excluding tert-OH is 1. The fourth-order valence-corrected chi connectivity index (χ4v) is 4.26. The van der Waals surface area contributed by atoms with Gasteiger partial charge in [0.1, 0.15) is 0 Å². The lowest BCUT2D eigenvalue weighted by Crippen LogP contribution is -2.55. The molecular weight excluding hydrogens is 290 g/mol. The topological polar surface area (TPSA) is 57.6 Å². The van der Waals surface area contributed by atoms with Crippen LogP contribution in [0.15, 0.2) is 24.3 Å². The molecule has 1 N–H and O–H groups in total. The van der Waals surface area contributed by atoms with Crippen LogP contribution in [-0.4, -0.2) is 34.5 Å². The molecule has 1 saturated carbocycles. The first-order valence-electron chi connectivity index (χ1n) is 8.38. The molecule has 4 atom stereocenters. The maximum Gasteiger partial charge on any atom is 0.261 e. The van der Waals surface area contributed by atoms with Gasteiger partial charge in [-0.25, -0.2) is 0 Å². The largest absolute Gasteiger partial charge is 0.396 e. The molecule has 2 aliphatic rings. The summed E-state index contributed by atoms with van der Waals surface area (Å²) in [5, 5.41) is 9.95. The quantitative estimate of drug-likeness (QED) is 0.854. The van der Waals surface area contributed by atoms with E-state index in [-0.39, 0.29) is 41.7 Å². The van der Waals surface area contributed by atoms with Crippen LogP contribution >= 0.6 is 0 Å². The van der Waals surface area contributed by atoms with Crippen molar-refractivity contribution in [3.05, 3.63) is 35.4 Å². The molecule has 1 fully saturated rings. The zero-order valence-electron chi connectivity index (χ0n) is 14.2. The summed E-state index contributed by atoms with van der Waals surface area (Å²) in [4.78, 5) is 26.9. The Balaban J connectivity index is 1.99. The number of nitrogens with zero attached hydrogens (tertiary/aromatic N) is 1. The highest BCUT2D eigenvalue weighted by atomic mass is 16.3. The number of hydrogen-bond donors (Lipinski definition) is 1. The maximum atomic E-state index is 12.8. The monoisotopic (exact) mass is 315 g/mol. The SMILES string of the molecule is C[C@@H]1[C@@H](CO)C(N2C(=O)c3ccccc3C2=O)C[C@H](C)C1(C)C. The van der Waals surface area contributed by atoms with Crippen LogP contribution in [0.5, 0.6) is 0 Å². The third kappa shape index (κ3) is 2.23. The van der Waals surface area contributed by atoms with Gasteiger partial charge in [-0.15, -0.1) is 0 Å². The van der Waals surface area contributed by atoms with Crippen LogP contribution in [0.2, 0.25) is 0 Å². The second-order valence-electron chi connectivity index (χ2n) is 7.69. The number of carbonyl (C=O) groups excluding carboxylic acids is 2. The normalized spacial score (nSPS) is 33.0. The van der Waals surface area contributed by atoms with Gasteiger partial charge in [0.25, 0.3) is 11.8 Å². The van der Waals surface area contributed by atoms with Crippen LogP contribution < -0.4 is 0 Å². The van der Waals surface area contributed by atoms with Gasteiger partial charge < -0.3 is 5.11 Å². The van der Waals surface area contributed by atoms with Crippen molar-refractivity contribution in [2.24, 2.45) is 23.2 Å². The van der Waals surface area contributed by atoms with E-state index in [4.69, 9.17) is 0 Å². The summed E-state index contributed by atoms with van der Waals surface area (Å²) in [5.74, 6) is 0.0879. The lowest BCUT2D eigenvalue weighted by molar-refractivity contribution is -0.0419. The van der Waals surface area contributed by atoms with Crippen molar-refractivity contribution < 1.29 is 14.7 Å². The first-order chi connectivity index (χ1) is 10.8. The second kappa shape index (κ2) is 5.45. The maximum absolute atomic E-state index is 12.8. The molecular formula is C19H25NO3. The molecule has 1 heterocycles. The van der Waals surface area contributed by atoms with Gasteiger partial charge in [0, 0.05) is 18.6 Å². The molecule has 3 rings (SSSR count). The van der Waals surface area contributed by atoms with Gasteiger partial charge in [-0.2, -0.15) is 0 Å². The van der Waals surface area contributed by atoms with Crippen molar-refractivity contribution >= 4 is 11.8 Å². The molecule has 0 bridgehead atoms. The molecule has 0 spiro atoms. The Morgan fingerprint density at radius 3 is 2.13 bits per heavy atom. The summed E-state index contributed by atoms with van der Waals surface area (Å²) in [6.07, 6.45) is 0.744. The number of hydrogen-bond acceptors (Lipinski definition) is 3. The first-order valence-corrected chi connectivity index (χ1v) is 8.38. The fourth-order valence-electron chi connectivity index (χ4n) is 4.26. The summed E-state index contributed by atoms with van der Waals surface area (Å²) in [7, 11) is 0. The molecule has 0 aromatic heterocycles. The van der Waals surface area contributed by atoms with E-state index < -0.39 is 0 Å². The number of amides is 2. The Labute approximate surface area is 137 Å². The first kappa shape index (κ1) is 16.2. The number of carbonyl (C=O) groups is 2. The predicted molar refractivity (Wildman–Crippen MR) is 88.0 cm³/mol. The third-order valence-electron chi connectivity index (χ3n) is 6.54. The highest BCUT2D eigenvalue weighted by Crippen LogP contribution is 2.49. The van der Waals surface area contributed by atoms with Crippen molar-refractivity contribution in [2.75, 3.05) is 6.61 Å². The molecule has 1 aromatic rings. The average molecular weight is 315 g/mol. The molecule has 124 valence electrons. The molecule has 0 saturated heterocycles. The standard InChI is InChI=1S/C19H25NO3/c1-11-9-16(15(10-21)12(2)19(11,3)4)20-17(22)13-7-5-6-8-14(13)18(20)23/h5-8,11-12,15-16,21H,9-10H2,1-4H3/t11-,12+,15+,16?/m0/s1. The molecule has 23 heavy (non-hydrogen) atoms. The van der Waals surface area contributed by atoms with Gasteiger partial charge in [0.2, 0.25) is 0 Å². The lowest BCUT2D eigenvalue weighted by Gasteiger charge is -2.51. The van der Waals surface area contributed by atoms with Crippen molar-refractivity contribution in [2.45, 2.75) is 40.2 Å². The van der Waals surface area contributed by atoms with E-state index >= 15 is 0 Å². The molecule has 4 nitrogen and oxygen atoms in total.